The summed E-state index contributed by atoms with van der Waals surface area (Å²) < 4.78 is 10.7. The molecule has 1 heterocycles. The number of rotatable bonds is 5. The Bertz CT molecular complexity index is 1000. The van der Waals surface area contributed by atoms with Gasteiger partial charge in [-0.3, -0.25) is 0 Å². The Labute approximate surface area is 144 Å². The first-order valence-corrected chi connectivity index (χ1v) is 8.06. The molecule has 6 nitrogen and oxygen atoms in total. The van der Waals surface area contributed by atoms with Crippen LogP contribution in [0.4, 0.5) is 5.69 Å². The van der Waals surface area contributed by atoms with E-state index in [-0.39, 0.29) is 13.0 Å². The van der Waals surface area contributed by atoms with Crippen LogP contribution >= 0.6 is 0 Å². The zero-order valence-corrected chi connectivity index (χ0v) is 14.0. The van der Waals surface area contributed by atoms with E-state index in [1.807, 2.05) is 36.4 Å². The van der Waals surface area contributed by atoms with Gasteiger partial charge in [-0.25, -0.2) is 4.79 Å². The van der Waals surface area contributed by atoms with Crippen molar-refractivity contribution in [3.8, 4) is 6.07 Å². The number of hydrogen-bond donors (Lipinski definition) is 0. The lowest BCUT2D eigenvalue weighted by Crippen LogP contribution is -2.35. The Morgan fingerprint density at radius 1 is 1.20 bits per heavy atom. The van der Waals surface area contributed by atoms with Gasteiger partial charge in [0.15, 0.2) is 0 Å². The van der Waals surface area contributed by atoms with Gasteiger partial charge in [-0.05, 0) is 37.6 Å². The van der Waals surface area contributed by atoms with Crippen LogP contribution in [0.2, 0.25) is 0 Å². The molecule has 0 saturated heterocycles. The second kappa shape index (κ2) is 6.73. The number of nitriles is 1. The third-order valence-corrected chi connectivity index (χ3v) is 4.01. The minimum Gasteiger partial charge on any atom is -0.463 e. The average molecular weight is 335 g/mol. The van der Waals surface area contributed by atoms with E-state index in [0.29, 0.717) is 5.69 Å². The van der Waals surface area contributed by atoms with Crippen molar-refractivity contribution in [1.29, 1.82) is 5.26 Å². The second-order valence-corrected chi connectivity index (χ2v) is 5.52. The molecule has 0 spiro atoms. The molecule has 6 heteroatoms. The van der Waals surface area contributed by atoms with E-state index in [1.54, 1.807) is 26.0 Å². The Morgan fingerprint density at radius 2 is 1.96 bits per heavy atom. The predicted octanol–water partition coefficient (Wildman–Crippen LogP) is 4.91. The van der Waals surface area contributed by atoms with Gasteiger partial charge in [0.05, 0.1) is 12.3 Å². The zero-order chi connectivity index (χ0) is 17.9. The molecule has 2 aromatic carbocycles. The molecule has 1 atom stereocenters. The highest BCUT2D eigenvalue weighted by molar-refractivity contribution is 6.05. The van der Waals surface area contributed by atoms with Crippen LogP contribution in [0.15, 0.2) is 57.1 Å². The Kier molecular flexibility index (Phi) is 4.48. The number of benzene rings is 2. The van der Waals surface area contributed by atoms with Gasteiger partial charge < -0.3 is 9.15 Å². The number of nitrogens with zero attached hydrogens (tertiary/aromatic N) is 3. The van der Waals surface area contributed by atoms with Gasteiger partial charge in [0.2, 0.25) is 0 Å². The average Bonchev–Trinajstić information content (AvgIpc) is 3.01. The van der Waals surface area contributed by atoms with Crippen LogP contribution in [-0.4, -0.2) is 18.1 Å². The third-order valence-electron chi connectivity index (χ3n) is 4.01. The largest absolute Gasteiger partial charge is 0.463 e. The van der Waals surface area contributed by atoms with Gasteiger partial charge in [-0.1, -0.05) is 25.1 Å². The van der Waals surface area contributed by atoms with Crippen molar-refractivity contribution in [2.75, 3.05) is 6.61 Å². The van der Waals surface area contributed by atoms with Crippen molar-refractivity contribution < 1.29 is 13.9 Å². The Morgan fingerprint density at radius 3 is 2.68 bits per heavy atom. The monoisotopic (exact) mass is 335 g/mol. The number of fused-ring (bicyclic) bond motifs is 3. The van der Waals surface area contributed by atoms with Crippen molar-refractivity contribution in [2.45, 2.75) is 25.8 Å². The molecule has 25 heavy (non-hydrogen) atoms. The number of para-hydroxylation sites is 1. The van der Waals surface area contributed by atoms with Crippen molar-refractivity contribution in [1.82, 2.24) is 0 Å². The fraction of sp³-hybridized carbons (Fsp3) is 0.263. The summed E-state index contributed by atoms with van der Waals surface area (Å²) in [5, 5.41) is 19.4. The van der Waals surface area contributed by atoms with Gasteiger partial charge in [-0.15, -0.1) is 0 Å². The first kappa shape index (κ1) is 16.7. The number of carbonyl (C=O) groups excluding carboxylic acids is 1. The number of ether oxygens (including phenoxy) is 1. The first-order chi connectivity index (χ1) is 12.1. The molecule has 0 N–H and O–H groups in total. The van der Waals surface area contributed by atoms with Gasteiger partial charge in [-0.2, -0.15) is 15.5 Å². The number of hydrogen-bond acceptors (Lipinski definition) is 6. The lowest BCUT2D eigenvalue weighted by Gasteiger charge is -2.16. The molecule has 0 radical (unpaired) electrons. The van der Waals surface area contributed by atoms with E-state index < -0.39 is 11.5 Å². The van der Waals surface area contributed by atoms with Crippen LogP contribution in [0.1, 0.15) is 20.3 Å². The Balaban J connectivity index is 2.01. The topological polar surface area (TPSA) is 88.0 Å². The van der Waals surface area contributed by atoms with Gasteiger partial charge >= 0.3 is 5.97 Å². The van der Waals surface area contributed by atoms with Gasteiger partial charge in [0, 0.05) is 10.8 Å². The lowest BCUT2D eigenvalue weighted by atomic mass is 10.00. The van der Waals surface area contributed by atoms with Crippen LogP contribution in [0.25, 0.3) is 21.9 Å². The smallest absolute Gasteiger partial charge is 0.350 e. The number of azo groups is 1. The number of carbonyl (C=O) groups is 1. The molecule has 0 amide bonds. The van der Waals surface area contributed by atoms with E-state index in [1.165, 1.54) is 0 Å². The standard InChI is InChI=1S/C19H17N3O3/c1-3-19(12-20,18(23)24-4-2)22-21-13-9-10-17-15(11-13)14-7-5-6-8-16(14)25-17/h5-11H,3-4H2,1-2H3. The molecular formula is C19H17N3O3. The number of esters is 1. The summed E-state index contributed by atoms with van der Waals surface area (Å²) in [6.07, 6.45) is 0.183. The highest BCUT2D eigenvalue weighted by atomic mass is 16.5. The van der Waals surface area contributed by atoms with Gasteiger partial charge in [0.1, 0.15) is 17.2 Å². The van der Waals surface area contributed by atoms with E-state index in [2.05, 4.69) is 10.2 Å². The summed E-state index contributed by atoms with van der Waals surface area (Å²) in [4.78, 5) is 12.1. The Hall–Kier alpha value is -3.20. The summed E-state index contributed by atoms with van der Waals surface area (Å²) in [5.41, 5.74) is 0.450. The lowest BCUT2D eigenvalue weighted by molar-refractivity contribution is -0.147. The van der Waals surface area contributed by atoms with Crippen molar-refractivity contribution >= 4 is 33.6 Å². The maximum Gasteiger partial charge on any atom is 0.350 e. The van der Waals surface area contributed by atoms with Gasteiger partial charge in [0.25, 0.3) is 5.54 Å². The molecule has 0 aliphatic rings. The van der Waals surface area contributed by atoms with E-state index in [4.69, 9.17) is 9.15 Å². The normalized spacial score (nSPS) is 13.8. The number of furan rings is 1. The predicted molar refractivity (Wildman–Crippen MR) is 93.5 cm³/mol. The van der Waals surface area contributed by atoms with Crippen LogP contribution in [0.5, 0.6) is 0 Å². The molecule has 1 unspecified atom stereocenters. The molecule has 0 fully saturated rings. The second-order valence-electron chi connectivity index (χ2n) is 5.52. The highest BCUT2D eigenvalue weighted by Gasteiger charge is 2.39. The first-order valence-electron chi connectivity index (χ1n) is 8.06. The molecular weight excluding hydrogens is 318 g/mol. The van der Waals surface area contributed by atoms with Crippen LogP contribution in [0, 0.1) is 11.3 Å². The molecule has 126 valence electrons. The quantitative estimate of drug-likeness (QED) is 0.490. The molecule has 3 rings (SSSR count). The van der Waals surface area contributed by atoms with Crippen LogP contribution < -0.4 is 0 Å². The summed E-state index contributed by atoms with van der Waals surface area (Å²) >= 11 is 0. The third kappa shape index (κ3) is 2.96. The summed E-state index contributed by atoms with van der Waals surface area (Å²) in [5.74, 6) is -0.682. The van der Waals surface area contributed by atoms with E-state index in [0.717, 1.165) is 21.9 Å². The fourth-order valence-corrected chi connectivity index (χ4v) is 2.57. The summed E-state index contributed by atoms with van der Waals surface area (Å²) in [7, 11) is 0. The molecule has 0 aliphatic heterocycles. The fourth-order valence-electron chi connectivity index (χ4n) is 2.57. The SMILES string of the molecule is CCOC(=O)C(C#N)(CC)N=Nc1ccc2oc3ccccc3c2c1. The summed E-state index contributed by atoms with van der Waals surface area (Å²) in [6.45, 7) is 3.57. The van der Waals surface area contributed by atoms with Crippen molar-refractivity contribution in [3.05, 3.63) is 42.5 Å². The van der Waals surface area contributed by atoms with E-state index >= 15 is 0 Å². The van der Waals surface area contributed by atoms with Crippen LogP contribution in [-0.2, 0) is 9.53 Å². The van der Waals surface area contributed by atoms with E-state index in [9.17, 15) is 10.1 Å². The summed E-state index contributed by atoms with van der Waals surface area (Å²) in [6, 6.07) is 15.0. The minimum atomic E-state index is -1.62. The highest BCUT2D eigenvalue weighted by Crippen LogP contribution is 2.32. The maximum atomic E-state index is 12.1. The van der Waals surface area contributed by atoms with Crippen LogP contribution in [0.3, 0.4) is 0 Å². The minimum absolute atomic E-state index is 0.183. The van der Waals surface area contributed by atoms with Crippen molar-refractivity contribution in [2.24, 2.45) is 10.2 Å². The zero-order valence-electron chi connectivity index (χ0n) is 14.0. The molecule has 0 aliphatic carbocycles. The maximum absolute atomic E-state index is 12.1. The molecule has 1 aromatic heterocycles. The van der Waals surface area contributed by atoms with Crippen molar-refractivity contribution in [3.63, 3.8) is 0 Å². The molecule has 0 bridgehead atoms. The molecule has 3 aromatic rings. The molecule has 0 saturated carbocycles.